The molecule has 1 aliphatic carbocycles. The fourth-order valence-electron chi connectivity index (χ4n) is 2.88. The summed E-state index contributed by atoms with van der Waals surface area (Å²) in [7, 11) is 2.05. The van der Waals surface area contributed by atoms with Crippen LogP contribution >= 0.6 is 11.3 Å². The summed E-state index contributed by atoms with van der Waals surface area (Å²) in [4.78, 5) is 4.53. The quantitative estimate of drug-likeness (QED) is 0.899. The van der Waals surface area contributed by atoms with Crippen LogP contribution in [-0.4, -0.2) is 18.6 Å². The number of likely N-dealkylation sites (N-methyl/N-ethyl adjacent to an activating group) is 1. The smallest absolute Gasteiger partial charge is 0.0907 e. The molecule has 0 unspecified atom stereocenters. The van der Waals surface area contributed by atoms with Gasteiger partial charge in [-0.3, -0.25) is 0 Å². The Morgan fingerprint density at radius 1 is 1.41 bits per heavy atom. The summed E-state index contributed by atoms with van der Waals surface area (Å²) < 4.78 is 1.34. The van der Waals surface area contributed by atoms with E-state index in [0.29, 0.717) is 5.41 Å². The van der Waals surface area contributed by atoms with Gasteiger partial charge in [0.05, 0.1) is 15.2 Å². The van der Waals surface area contributed by atoms with Gasteiger partial charge in [0.15, 0.2) is 0 Å². The van der Waals surface area contributed by atoms with Crippen LogP contribution < -0.4 is 5.32 Å². The first-order chi connectivity index (χ1) is 8.23. The molecule has 3 rings (SSSR count). The number of nitrogens with one attached hydrogen (secondary N) is 1. The summed E-state index contributed by atoms with van der Waals surface area (Å²) in [6, 6.07) is 6.82. The number of hydrogen-bond acceptors (Lipinski definition) is 3. The van der Waals surface area contributed by atoms with E-state index in [1.165, 1.54) is 29.5 Å². The molecule has 0 atom stereocenters. The van der Waals surface area contributed by atoms with Crippen molar-refractivity contribution in [2.45, 2.75) is 31.6 Å². The highest BCUT2D eigenvalue weighted by Gasteiger charge is 2.38. The number of nitrogens with zero attached hydrogens (tertiary/aromatic N) is 1. The van der Waals surface area contributed by atoms with E-state index in [-0.39, 0.29) is 0 Å². The Hall–Kier alpha value is -0.930. The molecule has 0 amide bonds. The fourth-order valence-corrected chi connectivity index (χ4v) is 3.75. The van der Waals surface area contributed by atoms with Gasteiger partial charge in [-0.1, -0.05) is 12.5 Å². The van der Waals surface area contributed by atoms with Crippen LogP contribution in [0.25, 0.3) is 10.2 Å². The van der Waals surface area contributed by atoms with Crippen molar-refractivity contribution in [2.75, 3.05) is 13.6 Å². The predicted molar refractivity (Wildman–Crippen MR) is 73.8 cm³/mol. The second-order valence-corrected chi connectivity index (χ2v) is 6.31. The molecule has 0 radical (unpaired) electrons. The van der Waals surface area contributed by atoms with Crippen molar-refractivity contribution < 1.29 is 0 Å². The molecule has 1 N–H and O–H groups in total. The SMILES string of the molecule is CNCC1(c2ccc3nc(C)sc3c2)CCC1. The van der Waals surface area contributed by atoms with E-state index < -0.39 is 0 Å². The molecule has 1 aliphatic rings. The third-order valence-electron chi connectivity index (χ3n) is 3.93. The lowest BCUT2D eigenvalue weighted by molar-refractivity contribution is 0.239. The maximum absolute atomic E-state index is 4.53. The fraction of sp³-hybridized carbons (Fsp3) is 0.500. The Morgan fingerprint density at radius 2 is 2.24 bits per heavy atom. The standard InChI is InChI=1S/C14H18N2S/c1-10-16-12-5-4-11(8-13(12)17-10)14(9-15-2)6-3-7-14/h4-5,8,15H,3,6-7,9H2,1-2H3. The summed E-state index contributed by atoms with van der Waals surface area (Å²) in [5.41, 5.74) is 3.03. The molecule has 1 aromatic heterocycles. The molecule has 1 fully saturated rings. The van der Waals surface area contributed by atoms with Crippen LogP contribution in [0.4, 0.5) is 0 Å². The van der Waals surface area contributed by atoms with Crippen LogP contribution in [0.5, 0.6) is 0 Å². The van der Waals surface area contributed by atoms with Gasteiger partial charge in [0.25, 0.3) is 0 Å². The number of hydrogen-bond donors (Lipinski definition) is 1. The van der Waals surface area contributed by atoms with Crippen molar-refractivity contribution in [2.24, 2.45) is 0 Å². The summed E-state index contributed by atoms with van der Waals surface area (Å²) in [5, 5.41) is 4.51. The van der Waals surface area contributed by atoms with Gasteiger partial charge < -0.3 is 5.32 Å². The largest absolute Gasteiger partial charge is 0.319 e. The van der Waals surface area contributed by atoms with Gasteiger partial charge >= 0.3 is 0 Å². The first-order valence-corrected chi connectivity index (χ1v) is 7.07. The number of benzene rings is 1. The van der Waals surface area contributed by atoms with E-state index in [1.807, 2.05) is 0 Å². The Kier molecular flexibility index (Phi) is 2.68. The van der Waals surface area contributed by atoms with Gasteiger partial charge in [0.1, 0.15) is 0 Å². The number of fused-ring (bicyclic) bond motifs is 1. The van der Waals surface area contributed by atoms with E-state index in [2.05, 4.69) is 42.5 Å². The Balaban J connectivity index is 2.04. The minimum atomic E-state index is 0.390. The third-order valence-corrected chi connectivity index (χ3v) is 4.87. The van der Waals surface area contributed by atoms with Gasteiger partial charge in [-0.25, -0.2) is 4.98 Å². The average Bonchev–Trinajstić information content (AvgIpc) is 2.62. The number of thiazole rings is 1. The highest BCUT2D eigenvalue weighted by molar-refractivity contribution is 7.18. The molecule has 0 saturated heterocycles. The molecule has 1 aromatic carbocycles. The zero-order valence-corrected chi connectivity index (χ0v) is 11.2. The van der Waals surface area contributed by atoms with Crippen LogP contribution in [0.3, 0.4) is 0 Å². The number of aryl methyl sites for hydroxylation is 1. The van der Waals surface area contributed by atoms with Crippen molar-refractivity contribution in [1.29, 1.82) is 0 Å². The lowest BCUT2D eigenvalue weighted by atomic mass is 9.64. The van der Waals surface area contributed by atoms with Gasteiger partial charge in [0, 0.05) is 12.0 Å². The second-order valence-electron chi connectivity index (χ2n) is 5.08. The monoisotopic (exact) mass is 246 g/mol. The van der Waals surface area contributed by atoms with E-state index in [0.717, 1.165) is 17.1 Å². The molecule has 1 saturated carbocycles. The Bertz CT molecular complexity index is 540. The van der Waals surface area contributed by atoms with E-state index in [1.54, 1.807) is 11.3 Å². The maximum Gasteiger partial charge on any atom is 0.0907 e. The van der Waals surface area contributed by atoms with Crippen LogP contribution in [0.2, 0.25) is 0 Å². The lowest BCUT2D eigenvalue weighted by Crippen LogP contribution is -2.42. The molecule has 2 nitrogen and oxygen atoms in total. The minimum absolute atomic E-state index is 0.390. The molecule has 2 aromatic rings. The zero-order valence-electron chi connectivity index (χ0n) is 10.4. The van der Waals surface area contributed by atoms with Crippen LogP contribution in [0.1, 0.15) is 29.8 Å². The van der Waals surface area contributed by atoms with Gasteiger partial charge in [-0.2, -0.15) is 0 Å². The molecule has 0 aliphatic heterocycles. The summed E-state index contributed by atoms with van der Waals surface area (Å²) in [6.07, 6.45) is 4.00. The third kappa shape index (κ3) is 1.78. The predicted octanol–water partition coefficient (Wildman–Crippen LogP) is 3.25. The number of aromatic nitrogens is 1. The number of rotatable bonds is 3. The molecule has 3 heteroatoms. The zero-order chi connectivity index (χ0) is 11.9. The Labute approximate surface area is 106 Å². The molecule has 0 bridgehead atoms. The molecule has 1 heterocycles. The molecule has 0 spiro atoms. The summed E-state index contributed by atoms with van der Waals surface area (Å²) in [5.74, 6) is 0. The van der Waals surface area contributed by atoms with Crippen LogP contribution in [0, 0.1) is 6.92 Å². The van der Waals surface area contributed by atoms with Crippen LogP contribution in [-0.2, 0) is 5.41 Å². The second kappa shape index (κ2) is 4.07. The summed E-state index contributed by atoms with van der Waals surface area (Å²) in [6.45, 7) is 3.17. The highest BCUT2D eigenvalue weighted by atomic mass is 32.1. The first kappa shape index (κ1) is 11.2. The normalized spacial score (nSPS) is 18.2. The molecular weight excluding hydrogens is 228 g/mol. The molecular formula is C14H18N2S. The van der Waals surface area contributed by atoms with Crippen LogP contribution in [0.15, 0.2) is 18.2 Å². The van der Waals surface area contributed by atoms with Crippen molar-refractivity contribution in [3.8, 4) is 0 Å². The first-order valence-electron chi connectivity index (χ1n) is 6.26. The lowest BCUT2D eigenvalue weighted by Gasteiger charge is -2.42. The van der Waals surface area contributed by atoms with Crippen molar-refractivity contribution in [3.05, 3.63) is 28.8 Å². The van der Waals surface area contributed by atoms with E-state index in [4.69, 9.17) is 0 Å². The highest BCUT2D eigenvalue weighted by Crippen LogP contribution is 2.44. The van der Waals surface area contributed by atoms with Gasteiger partial charge in [0.2, 0.25) is 0 Å². The molecule has 90 valence electrons. The maximum atomic E-state index is 4.53. The van der Waals surface area contributed by atoms with Gasteiger partial charge in [-0.05, 0) is 44.5 Å². The molecule has 17 heavy (non-hydrogen) atoms. The topological polar surface area (TPSA) is 24.9 Å². The van der Waals surface area contributed by atoms with Crippen molar-refractivity contribution in [1.82, 2.24) is 10.3 Å². The van der Waals surface area contributed by atoms with Gasteiger partial charge in [-0.15, -0.1) is 11.3 Å². The van der Waals surface area contributed by atoms with Crippen molar-refractivity contribution in [3.63, 3.8) is 0 Å². The van der Waals surface area contributed by atoms with E-state index >= 15 is 0 Å². The summed E-state index contributed by atoms with van der Waals surface area (Å²) >= 11 is 1.80. The Morgan fingerprint density at radius 3 is 2.88 bits per heavy atom. The van der Waals surface area contributed by atoms with Crippen molar-refractivity contribution >= 4 is 21.6 Å². The van der Waals surface area contributed by atoms with E-state index in [9.17, 15) is 0 Å². The average molecular weight is 246 g/mol. The minimum Gasteiger partial charge on any atom is -0.319 e.